The van der Waals surface area contributed by atoms with Crippen LogP contribution in [0.4, 0.5) is 5.69 Å². The van der Waals surface area contributed by atoms with Crippen LogP contribution in [-0.4, -0.2) is 25.2 Å². The summed E-state index contributed by atoms with van der Waals surface area (Å²) in [5, 5.41) is 12.3. The summed E-state index contributed by atoms with van der Waals surface area (Å²) in [6, 6.07) is 11.2. The average molecular weight is 294 g/mol. The molecule has 1 aromatic carbocycles. The zero-order valence-corrected chi connectivity index (χ0v) is 11.4. The normalized spacial score (nSPS) is 24.4. The van der Waals surface area contributed by atoms with Gasteiger partial charge in [0.05, 0.1) is 18.2 Å². The Morgan fingerprint density at radius 3 is 2.94 bits per heavy atom. The molecule has 1 aromatic rings. The summed E-state index contributed by atoms with van der Waals surface area (Å²) >= 11 is 3.58. The van der Waals surface area contributed by atoms with Crippen LogP contribution in [0.3, 0.4) is 0 Å². The van der Waals surface area contributed by atoms with Crippen LogP contribution in [0.15, 0.2) is 28.7 Å². The van der Waals surface area contributed by atoms with Crippen molar-refractivity contribution in [1.82, 2.24) is 5.32 Å². The number of nitrogens with zero attached hydrogens (tertiary/aromatic N) is 2. The van der Waals surface area contributed by atoms with E-state index in [2.05, 4.69) is 51.3 Å². The smallest absolute Gasteiger partial charge is 0.0638 e. The van der Waals surface area contributed by atoms with Gasteiger partial charge in [-0.1, -0.05) is 12.1 Å². The minimum absolute atomic E-state index is 0.260. The van der Waals surface area contributed by atoms with E-state index in [-0.39, 0.29) is 6.04 Å². The molecule has 1 fully saturated rings. The third-order valence-electron chi connectivity index (χ3n) is 2.99. The van der Waals surface area contributed by atoms with E-state index in [4.69, 9.17) is 5.26 Å². The van der Waals surface area contributed by atoms with Gasteiger partial charge in [0.2, 0.25) is 0 Å². The molecule has 17 heavy (non-hydrogen) atoms. The number of benzene rings is 1. The zero-order chi connectivity index (χ0) is 12.3. The Balaban J connectivity index is 2.16. The molecular weight excluding hydrogens is 278 g/mol. The zero-order valence-electron chi connectivity index (χ0n) is 9.86. The number of anilines is 1. The highest BCUT2D eigenvalue weighted by Gasteiger charge is 2.24. The Morgan fingerprint density at radius 1 is 1.47 bits per heavy atom. The molecule has 0 aromatic heterocycles. The number of para-hydroxylation sites is 1. The van der Waals surface area contributed by atoms with Gasteiger partial charge in [-0.2, -0.15) is 5.26 Å². The molecule has 1 aliphatic rings. The summed E-state index contributed by atoms with van der Waals surface area (Å²) in [4.78, 5) is 2.34. The number of rotatable bonds is 2. The van der Waals surface area contributed by atoms with Crippen molar-refractivity contribution in [2.24, 2.45) is 0 Å². The maximum absolute atomic E-state index is 8.80. The Morgan fingerprint density at radius 2 is 2.24 bits per heavy atom. The van der Waals surface area contributed by atoms with Crippen molar-refractivity contribution in [3.63, 3.8) is 0 Å². The third-order valence-corrected chi connectivity index (χ3v) is 3.66. The van der Waals surface area contributed by atoms with Crippen molar-refractivity contribution >= 4 is 21.6 Å². The first-order chi connectivity index (χ1) is 8.20. The van der Waals surface area contributed by atoms with E-state index in [0.717, 1.165) is 17.6 Å². The minimum Gasteiger partial charge on any atom is -0.367 e. The van der Waals surface area contributed by atoms with Crippen molar-refractivity contribution in [2.45, 2.75) is 25.4 Å². The molecule has 4 heteroatoms. The number of halogens is 1. The van der Waals surface area contributed by atoms with Crippen molar-refractivity contribution < 1.29 is 0 Å². The van der Waals surface area contributed by atoms with Gasteiger partial charge >= 0.3 is 0 Å². The van der Waals surface area contributed by atoms with Crippen LogP contribution in [0.2, 0.25) is 0 Å². The molecule has 0 bridgehead atoms. The fourth-order valence-corrected chi connectivity index (χ4v) is 2.85. The van der Waals surface area contributed by atoms with Gasteiger partial charge in [0.15, 0.2) is 0 Å². The average Bonchev–Trinajstić information content (AvgIpc) is 2.29. The highest BCUT2D eigenvalue weighted by molar-refractivity contribution is 9.10. The van der Waals surface area contributed by atoms with Crippen LogP contribution in [0, 0.1) is 11.3 Å². The van der Waals surface area contributed by atoms with Gasteiger partial charge in [-0.3, -0.25) is 0 Å². The van der Waals surface area contributed by atoms with Crippen molar-refractivity contribution in [2.75, 3.05) is 18.0 Å². The second-order valence-corrected chi connectivity index (χ2v) is 5.34. The van der Waals surface area contributed by atoms with Crippen LogP contribution in [0.5, 0.6) is 0 Å². The maximum atomic E-state index is 8.80. The topological polar surface area (TPSA) is 39.1 Å². The van der Waals surface area contributed by atoms with Gasteiger partial charge in [-0.15, -0.1) is 0 Å². The number of hydrogen-bond acceptors (Lipinski definition) is 3. The summed E-state index contributed by atoms with van der Waals surface area (Å²) in [6.07, 6.45) is 0.561. The van der Waals surface area contributed by atoms with E-state index in [1.165, 1.54) is 5.69 Å². The van der Waals surface area contributed by atoms with Crippen LogP contribution >= 0.6 is 15.9 Å². The molecule has 0 amide bonds. The Bertz CT molecular complexity index is 427. The van der Waals surface area contributed by atoms with Gasteiger partial charge in [-0.05, 0) is 35.0 Å². The van der Waals surface area contributed by atoms with E-state index >= 15 is 0 Å². The molecule has 1 N–H and O–H groups in total. The SMILES string of the molecule is CC1CN(c2ccccc2Br)CC(CC#N)N1. The van der Waals surface area contributed by atoms with Crippen molar-refractivity contribution in [1.29, 1.82) is 5.26 Å². The number of nitriles is 1. The Kier molecular flexibility index (Phi) is 4.03. The molecule has 3 nitrogen and oxygen atoms in total. The molecule has 0 aliphatic carbocycles. The fraction of sp³-hybridized carbons (Fsp3) is 0.462. The lowest BCUT2D eigenvalue weighted by atomic mass is 10.1. The molecule has 2 unspecified atom stereocenters. The first kappa shape index (κ1) is 12.4. The third kappa shape index (κ3) is 2.99. The molecule has 1 heterocycles. The predicted molar refractivity (Wildman–Crippen MR) is 73.0 cm³/mol. The van der Waals surface area contributed by atoms with E-state index in [1.807, 2.05) is 12.1 Å². The van der Waals surface area contributed by atoms with Gasteiger partial charge in [0.1, 0.15) is 0 Å². The first-order valence-electron chi connectivity index (χ1n) is 5.83. The lowest BCUT2D eigenvalue weighted by Crippen LogP contribution is -2.55. The highest BCUT2D eigenvalue weighted by atomic mass is 79.9. The Hall–Kier alpha value is -1.05. The van der Waals surface area contributed by atoms with Crippen LogP contribution in [0.1, 0.15) is 13.3 Å². The summed E-state index contributed by atoms with van der Waals surface area (Å²) < 4.78 is 1.12. The van der Waals surface area contributed by atoms with E-state index < -0.39 is 0 Å². The molecule has 0 spiro atoms. The second kappa shape index (κ2) is 5.52. The van der Waals surface area contributed by atoms with Gasteiger partial charge in [0.25, 0.3) is 0 Å². The summed E-state index contributed by atoms with van der Waals surface area (Å²) in [6.45, 7) is 4.03. The van der Waals surface area contributed by atoms with Crippen molar-refractivity contribution in [3.8, 4) is 6.07 Å². The number of nitrogens with one attached hydrogen (secondary N) is 1. The lowest BCUT2D eigenvalue weighted by Gasteiger charge is -2.38. The first-order valence-corrected chi connectivity index (χ1v) is 6.62. The number of piperazine rings is 1. The molecule has 2 rings (SSSR count). The largest absolute Gasteiger partial charge is 0.367 e. The van der Waals surface area contributed by atoms with Crippen molar-refractivity contribution in [3.05, 3.63) is 28.7 Å². The van der Waals surface area contributed by atoms with Gasteiger partial charge in [-0.25, -0.2) is 0 Å². The monoisotopic (exact) mass is 293 g/mol. The van der Waals surface area contributed by atoms with Gasteiger partial charge < -0.3 is 10.2 Å². The standard InChI is InChI=1S/C13H16BrN3/c1-10-8-17(9-11(16-10)6-7-15)13-5-3-2-4-12(13)14/h2-5,10-11,16H,6,8-9H2,1H3. The van der Waals surface area contributed by atoms with Crippen LogP contribution < -0.4 is 10.2 Å². The van der Waals surface area contributed by atoms with E-state index in [0.29, 0.717) is 12.5 Å². The Labute approximate surface area is 111 Å². The molecule has 1 aliphatic heterocycles. The van der Waals surface area contributed by atoms with E-state index in [1.54, 1.807) is 0 Å². The minimum atomic E-state index is 0.260. The fourth-order valence-electron chi connectivity index (χ4n) is 2.32. The molecule has 90 valence electrons. The highest BCUT2D eigenvalue weighted by Crippen LogP contribution is 2.27. The maximum Gasteiger partial charge on any atom is 0.0638 e. The summed E-state index contributed by atoms with van der Waals surface area (Å²) in [5.74, 6) is 0. The summed E-state index contributed by atoms with van der Waals surface area (Å²) in [5.41, 5.74) is 1.21. The molecule has 1 saturated heterocycles. The molecule has 2 atom stereocenters. The van der Waals surface area contributed by atoms with Gasteiger partial charge in [0, 0.05) is 29.6 Å². The lowest BCUT2D eigenvalue weighted by molar-refractivity contribution is 0.391. The van der Waals surface area contributed by atoms with E-state index in [9.17, 15) is 0 Å². The van der Waals surface area contributed by atoms with Crippen LogP contribution in [0.25, 0.3) is 0 Å². The number of hydrogen-bond donors (Lipinski definition) is 1. The quantitative estimate of drug-likeness (QED) is 0.911. The molecule has 0 saturated carbocycles. The molecule has 0 radical (unpaired) electrons. The second-order valence-electron chi connectivity index (χ2n) is 4.48. The van der Waals surface area contributed by atoms with Crippen LogP contribution in [-0.2, 0) is 0 Å². The predicted octanol–water partition coefficient (Wildman–Crippen LogP) is 2.53. The summed E-state index contributed by atoms with van der Waals surface area (Å²) in [7, 11) is 0. The molecular formula is C13H16BrN3.